The van der Waals surface area contributed by atoms with Crippen molar-refractivity contribution >= 4 is 5.97 Å². The summed E-state index contributed by atoms with van der Waals surface area (Å²) < 4.78 is 15.2. The Bertz CT molecular complexity index is 648. The van der Waals surface area contributed by atoms with Gasteiger partial charge in [-0.05, 0) is 25.8 Å². The van der Waals surface area contributed by atoms with E-state index < -0.39 is 5.41 Å². The van der Waals surface area contributed by atoms with Gasteiger partial charge in [0.05, 0.1) is 13.7 Å². The third-order valence-electron chi connectivity index (χ3n) is 3.33. The van der Waals surface area contributed by atoms with Crippen LogP contribution >= 0.6 is 0 Å². The number of rotatable bonds is 5. The summed E-state index contributed by atoms with van der Waals surface area (Å²) in [6, 6.07) is 3.32. The first-order chi connectivity index (χ1) is 10.2. The lowest BCUT2D eigenvalue weighted by Crippen LogP contribution is -2.23. The molecule has 0 radical (unpaired) electrons. The minimum Gasteiger partial charge on any atom is -0.480 e. The van der Waals surface area contributed by atoms with Gasteiger partial charge in [0, 0.05) is 6.07 Å². The molecule has 8 nitrogen and oxygen atoms in total. The van der Waals surface area contributed by atoms with E-state index in [4.69, 9.17) is 14.0 Å². The first-order valence-electron chi connectivity index (χ1n) is 6.59. The van der Waals surface area contributed by atoms with Crippen molar-refractivity contribution in [3.05, 3.63) is 18.0 Å². The zero-order chi connectivity index (χ0) is 14.9. The predicted octanol–water partition coefficient (Wildman–Crippen LogP) is 1.13. The molecule has 1 saturated carbocycles. The van der Waals surface area contributed by atoms with Crippen LogP contribution in [0.3, 0.4) is 0 Å². The fraction of sp³-hybridized carbons (Fsp3) is 0.462. The molecule has 0 aromatic carbocycles. The molecular weight excluding hydrogens is 276 g/mol. The zero-order valence-electron chi connectivity index (χ0n) is 11.7. The van der Waals surface area contributed by atoms with Crippen LogP contribution in [0.15, 0.2) is 16.7 Å². The molecule has 2 aromatic heterocycles. The van der Waals surface area contributed by atoms with Gasteiger partial charge in [-0.1, -0.05) is 5.16 Å². The molecule has 8 heteroatoms. The number of nitrogens with zero attached hydrogens (tertiary/aromatic N) is 4. The molecule has 2 aromatic rings. The van der Waals surface area contributed by atoms with Crippen molar-refractivity contribution in [3.63, 3.8) is 0 Å². The van der Waals surface area contributed by atoms with Crippen LogP contribution < -0.4 is 4.74 Å². The molecule has 0 N–H and O–H groups in total. The van der Waals surface area contributed by atoms with Gasteiger partial charge in [0.15, 0.2) is 0 Å². The summed E-state index contributed by atoms with van der Waals surface area (Å²) in [5, 5.41) is 11.6. The minimum atomic E-state index is -0.777. The predicted molar refractivity (Wildman–Crippen MR) is 69.4 cm³/mol. The fourth-order valence-corrected chi connectivity index (χ4v) is 1.97. The van der Waals surface area contributed by atoms with E-state index in [1.165, 1.54) is 7.11 Å². The Morgan fingerprint density at radius 3 is 2.76 bits per heavy atom. The molecule has 21 heavy (non-hydrogen) atoms. The lowest BCUT2D eigenvalue weighted by molar-refractivity contribution is -0.146. The van der Waals surface area contributed by atoms with Crippen LogP contribution in [0.1, 0.15) is 25.7 Å². The van der Waals surface area contributed by atoms with Crippen LogP contribution in [0, 0.1) is 0 Å². The van der Waals surface area contributed by atoms with Crippen molar-refractivity contribution in [2.24, 2.45) is 0 Å². The van der Waals surface area contributed by atoms with E-state index in [9.17, 15) is 4.79 Å². The zero-order valence-corrected chi connectivity index (χ0v) is 11.7. The Hall–Kier alpha value is -2.51. The van der Waals surface area contributed by atoms with Crippen molar-refractivity contribution in [1.82, 2.24) is 20.3 Å². The molecule has 0 atom stereocenters. The third kappa shape index (κ3) is 2.32. The quantitative estimate of drug-likeness (QED) is 0.755. The Morgan fingerprint density at radius 2 is 2.19 bits per heavy atom. The maximum absolute atomic E-state index is 12.0. The molecule has 0 bridgehead atoms. The van der Waals surface area contributed by atoms with Gasteiger partial charge in [0.1, 0.15) is 11.1 Å². The maximum atomic E-state index is 12.0. The van der Waals surface area contributed by atoms with Crippen LogP contribution in [0.25, 0.3) is 11.5 Å². The molecule has 1 aliphatic rings. The average molecular weight is 290 g/mol. The van der Waals surface area contributed by atoms with E-state index in [1.807, 2.05) is 0 Å². The number of hydrogen-bond acceptors (Lipinski definition) is 8. The normalized spacial score (nSPS) is 15.5. The van der Waals surface area contributed by atoms with Crippen LogP contribution in [0.4, 0.5) is 0 Å². The minimum absolute atomic E-state index is 0.272. The van der Waals surface area contributed by atoms with Gasteiger partial charge in [-0.2, -0.15) is 4.98 Å². The third-order valence-corrected chi connectivity index (χ3v) is 3.33. The monoisotopic (exact) mass is 290 g/mol. The number of hydrogen-bond donors (Lipinski definition) is 0. The number of methoxy groups -OCH3 is 1. The van der Waals surface area contributed by atoms with E-state index >= 15 is 0 Å². The highest BCUT2D eigenvalue weighted by Gasteiger charge is 2.57. The Morgan fingerprint density at radius 1 is 1.38 bits per heavy atom. The van der Waals surface area contributed by atoms with Gasteiger partial charge in [0.25, 0.3) is 0 Å². The number of esters is 1. The van der Waals surface area contributed by atoms with Crippen molar-refractivity contribution < 1.29 is 18.8 Å². The summed E-state index contributed by atoms with van der Waals surface area (Å²) in [5.74, 6) is 0.637. The Labute approximate surface area is 120 Å². The molecule has 0 amide bonds. The van der Waals surface area contributed by atoms with E-state index in [0.717, 1.165) is 0 Å². The van der Waals surface area contributed by atoms with Crippen LogP contribution in [0.2, 0.25) is 0 Å². The van der Waals surface area contributed by atoms with Crippen LogP contribution in [-0.2, 0) is 14.9 Å². The largest absolute Gasteiger partial charge is 0.480 e. The van der Waals surface area contributed by atoms with Gasteiger partial charge < -0.3 is 14.0 Å². The average Bonchev–Trinajstić information content (AvgIpc) is 3.18. The van der Waals surface area contributed by atoms with E-state index in [1.54, 1.807) is 19.1 Å². The van der Waals surface area contributed by atoms with E-state index in [-0.39, 0.29) is 17.7 Å². The highest BCUT2D eigenvalue weighted by Crippen LogP contribution is 2.48. The van der Waals surface area contributed by atoms with Crippen molar-refractivity contribution in [3.8, 4) is 17.4 Å². The summed E-state index contributed by atoms with van der Waals surface area (Å²) in [6.45, 7) is 2.09. The molecule has 2 heterocycles. The molecular formula is C13H14N4O4. The summed E-state index contributed by atoms with van der Waals surface area (Å²) in [7, 11) is 1.51. The summed E-state index contributed by atoms with van der Waals surface area (Å²) in [4.78, 5) is 16.2. The molecule has 3 rings (SSSR count). The first-order valence-corrected chi connectivity index (χ1v) is 6.59. The van der Waals surface area contributed by atoms with Gasteiger partial charge in [-0.25, -0.2) is 0 Å². The molecule has 1 aliphatic carbocycles. The number of carbonyl (C=O) groups is 1. The van der Waals surface area contributed by atoms with Gasteiger partial charge in [0.2, 0.25) is 17.6 Å². The smallest absolute Gasteiger partial charge is 0.321 e. The summed E-state index contributed by atoms with van der Waals surface area (Å²) in [6.07, 6.45) is 1.31. The first kappa shape index (κ1) is 13.5. The molecule has 0 spiro atoms. The van der Waals surface area contributed by atoms with E-state index in [2.05, 4.69) is 20.3 Å². The molecule has 110 valence electrons. The Kier molecular flexibility index (Phi) is 3.28. The van der Waals surface area contributed by atoms with Gasteiger partial charge in [-0.15, -0.1) is 10.2 Å². The number of carbonyl (C=O) groups excluding carboxylic acids is 1. The lowest BCUT2D eigenvalue weighted by atomic mass is 10.1. The highest BCUT2D eigenvalue weighted by molar-refractivity contribution is 5.85. The standard InChI is InChI=1S/C13H14N4O4/c1-3-20-12(18)13(6-7-13)11-14-10(17-21-11)8-4-5-9(19-2)16-15-8/h4-5H,3,6-7H2,1-2H3. The van der Waals surface area contributed by atoms with Crippen LogP contribution in [0.5, 0.6) is 5.88 Å². The molecule has 1 fully saturated rings. The topological polar surface area (TPSA) is 100 Å². The van der Waals surface area contributed by atoms with E-state index in [0.29, 0.717) is 31.0 Å². The maximum Gasteiger partial charge on any atom is 0.321 e. The van der Waals surface area contributed by atoms with Crippen molar-refractivity contribution in [2.45, 2.75) is 25.2 Å². The Balaban J connectivity index is 1.84. The van der Waals surface area contributed by atoms with Gasteiger partial charge in [-0.3, -0.25) is 4.79 Å². The second kappa shape index (κ2) is 5.12. The lowest BCUT2D eigenvalue weighted by Gasteiger charge is -2.07. The number of ether oxygens (including phenoxy) is 2. The molecule has 0 unspecified atom stereocenters. The van der Waals surface area contributed by atoms with Crippen molar-refractivity contribution in [2.75, 3.05) is 13.7 Å². The second-order valence-corrected chi connectivity index (χ2v) is 4.69. The SMILES string of the molecule is CCOC(=O)C1(c2nc(-c3ccc(OC)nn3)no2)CC1. The highest BCUT2D eigenvalue weighted by atomic mass is 16.5. The second-order valence-electron chi connectivity index (χ2n) is 4.69. The number of aromatic nitrogens is 4. The molecule has 0 aliphatic heterocycles. The van der Waals surface area contributed by atoms with Crippen LogP contribution in [-0.4, -0.2) is 40.0 Å². The fourth-order valence-electron chi connectivity index (χ4n) is 1.97. The van der Waals surface area contributed by atoms with Crippen molar-refractivity contribution in [1.29, 1.82) is 0 Å². The molecule has 0 saturated heterocycles. The summed E-state index contributed by atoms with van der Waals surface area (Å²) >= 11 is 0. The summed E-state index contributed by atoms with van der Waals surface area (Å²) in [5.41, 5.74) is -0.327. The van der Waals surface area contributed by atoms with Gasteiger partial charge >= 0.3 is 5.97 Å².